The van der Waals surface area contributed by atoms with Gasteiger partial charge < -0.3 is 20.7 Å². The third-order valence-corrected chi connectivity index (χ3v) is 3.18. The molecule has 0 saturated heterocycles. The van der Waals surface area contributed by atoms with E-state index in [-0.39, 0.29) is 16.6 Å². The molecule has 1 amide bonds. The van der Waals surface area contributed by atoms with Crippen molar-refractivity contribution in [2.24, 2.45) is 0 Å². The molecule has 22 heavy (non-hydrogen) atoms. The molecule has 8 nitrogen and oxygen atoms in total. The Morgan fingerprint density at radius 1 is 1.23 bits per heavy atom. The number of aromatic nitrogens is 3. The van der Waals surface area contributed by atoms with Gasteiger partial charge in [-0.1, -0.05) is 11.8 Å². The lowest BCUT2D eigenvalue weighted by Gasteiger charge is -2.09. The molecule has 0 aromatic carbocycles. The second-order valence-corrected chi connectivity index (χ2v) is 5.94. The first-order chi connectivity index (χ1) is 10.5. The van der Waals surface area contributed by atoms with Crippen molar-refractivity contribution in [1.29, 1.82) is 0 Å². The fraction of sp³-hybridized carbons (Fsp3) is 0.667. The van der Waals surface area contributed by atoms with Crippen molar-refractivity contribution >= 4 is 40.5 Å². The summed E-state index contributed by atoms with van der Waals surface area (Å²) in [6.07, 6.45) is 0. The van der Waals surface area contributed by atoms with Gasteiger partial charge in [0.05, 0.1) is 6.61 Å². The summed E-state index contributed by atoms with van der Waals surface area (Å²) in [6, 6.07) is 0.135. The largest absolute Gasteiger partial charge is 0.383 e. The fourth-order valence-corrected chi connectivity index (χ4v) is 2.23. The molecule has 0 unspecified atom stereocenters. The van der Waals surface area contributed by atoms with Crippen LogP contribution in [0.2, 0.25) is 5.28 Å². The third-order valence-electron chi connectivity index (χ3n) is 2.22. The number of halogens is 1. The SMILES string of the molecule is COCCNc1nc(Cl)nc(NCCSC(=O)NC(C)C)n1. The van der Waals surface area contributed by atoms with E-state index in [2.05, 4.69) is 30.9 Å². The Hall–Kier alpha value is -1.32. The Bertz CT molecular complexity index is 477. The molecule has 0 aliphatic heterocycles. The Kier molecular flexibility index (Phi) is 8.86. The van der Waals surface area contributed by atoms with Crippen molar-refractivity contribution in [2.45, 2.75) is 19.9 Å². The number of thioether (sulfide) groups is 1. The molecular formula is C12H21ClN6O2S. The monoisotopic (exact) mass is 348 g/mol. The van der Waals surface area contributed by atoms with Gasteiger partial charge in [0.15, 0.2) is 0 Å². The van der Waals surface area contributed by atoms with Crippen LogP contribution in [0.4, 0.5) is 16.7 Å². The smallest absolute Gasteiger partial charge is 0.279 e. The summed E-state index contributed by atoms with van der Waals surface area (Å²) in [5, 5.41) is 8.83. The van der Waals surface area contributed by atoms with E-state index in [1.165, 1.54) is 11.8 Å². The highest BCUT2D eigenvalue weighted by atomic mass is 35.5. The molecule has 0 saturated carbocycles. The van der Waals surface area contributed by atoms with Crippen molar-refractivity contribution in [3.05, 3.63) is 5.28 Å². The highest BCUT2D eigenvalue weighted by Crippen LogP contribution is 2.10. The average molecular weight is 349 g/mol. The van der Waals surface area contributed by atoms with Gasteiger partial charge >= 0.3 is 0 Å². The number of hydrogen-bond donors (Lipinski definition) is 3. The van der Waals surface area contributed by atoms with Gasteiger partial charge in [-0.2, -0.15) is 15.0 Å². The van der Waals surface area contributed by atoms with Crippen molar-refractivity contribution < 1.29 is 9.53 Å². The van der Waals surface area contributed by atoms with Crippen LogP contribution in [-0.2, 0) is 4.74 Å². The Balaban J connectivity index is 2.37. The van der Waals surface area contributed by atoms with E-state index in [9.17, 15) is 4.79 Å². The van der Waals surface area contributed by atoms with Gasteiger partial charge in [0.25, 0.3) is 5.24 Å². The maximum absolute atomic E-state index is 11.5. The molecule has 0 fully saturated rings. The molecule has 124 valence electrons. The summed E-state index contributed by atoms with van der Waals surface area (Å²) in [6.45, 7) is 5.48. The zero-order valence-electron chi connectivity index (χ0n) is 12.9. The number of hydrogen-bond acceptors (Lipinski definition) is 8. The van der Waals surface area contributed by atoms with Crippen LogP contribution >= 0.6 is 23.4 Å². The Labute approximate surface area is 139 Å². The van der Waals surface area contributed by atoms with Crippen LogP contribution in [0, 0.1) is 0 Å². The minimum Gasteiger partial charge on any atom is -0.383 e. The molecule has 0 bridgehead atoms. The molecule has 0 aliphatic rings. The molecular weight excluding hydrogens is 328 g/mol. The standard InChI is InChI=1S/C12H21ClN6O2S/c1-8(2)16-12(20)22-7-5-15-11-18-9(13)17-10(19-11)14-4-6-21-3/h8H,4-7H2,1-3H3,(H,16,20)(H2,14,15,17,18,19). The fourth-order valence-electron chi connectivity index (χ4n) is 1.36. The lowest BCUT2D eigenvalue weighted by atomic mass is 10.4. The van der Waals surface area contributed by atoms with E-state index in [0.29, 0.717) is 37.3 Å². The second kappa shape index (κ2) is 10.4. The molecule has 0 atom stereocenters. The molecule has 1 aromatic heterocycles. The maximum Gasteiger partial charge on any atom is 0.279 e. The lowest BCUT2D eigenvalue weighted by Crippen LogP contribution is -2.27. The van der Waals surface area contributed by atoms with E-state index in [0.717, 1.165) is 0 Å². The first kappa shape index (κ1) is 18.7. The van der Waals surface area contributed by atoms with Crippen LogP contribution in [-0.4, -0.2) is 58.8 Å². The van der Waals surface area contributed by atoms with Crippen LogP contribution in [0.5, 0.6) is 0 Å². The molecule has 3 N–H and O–H groups in total. The molecule has 1 heterocycles. The van der Waals surface area contributed by atoms with Gasteiger partial charge in [0.1, 0.15) is 0 Å². The number of amides is 1. The summed E-state index contributed by atoms with van der Waals surface area (Å²) in [5.74, 6) is 1.34. The van der Waals surface area contributed by atoms with E-state index in [1.54, 1.807) is 7.11 Å². The predicted octanol–water partition coefficient (Wildman–Crippen LogP) is 1.85. The summed E-state index contributed by atoms with van der Waals surface area (Å²) in [5.41, 5.74) is 0. The first-order valence-electron chi connectivity index (χ1n) is 6.82. The molecule has 0 spiro atoms. The number of nitrogens with one attached hydrogen (secondary N) is 3. The minimum atomic E-state index is -0.0487. The van der Waals surface area contributed by atoms with Crippen LogP contribution in [0.3, 0.4) is 0 Å². The van der Waals surface area contributed by atoms with Crippen molar-refractivity contribution in [1.82, 2.24) is 20.3 Å². The number of rotatable bonds is 9. The molecule has 1 aromatic rings. The normalized spacial score (nSPS) is 10.6. The van der Waals surface area contributed by atoms with Crippen molar-refractivity contribution in [2.75, 3.05) is 43.2 Å². The van der Waals surface area contributed by atoms with Crippen molar-refractivity contribution in [3.63, 3.8) is 0 Å². The van der Waals surface area contributed by atoms with Gasteiger partial charge in [-0.3, -0.25) is 4.79 Å². The minimum absolute atomic E-state index is 0.0487. The summed E-state index contributed by atoms with van der Waals surface area (Å²) >= 11 is 7.04. The van der Waals surface area contributed by atoms with E-state index < -0.39 is 0 Å². The second-order valence-electron chi connectivity index (χ2n) is 4.53. The Morgan fingerprint density at radius 2 is 1.86 bits per heavy atom. The molecule has 0 aliphatic carbocycles. The summed E-state index contributed by atoms with van der Waals surface area (Å²) in [7, 11) is 1.61. The zero-order valence-corrected chi connectivity index (χ0v) is 14.4. The van der Waals surface area contributed by atoms with Gasteiger partial charge in [-0.25, -0.2) is 0 Å². The van der Waals surface area contributed by atoms with Crippen LogP contribution in [0.25, 0.3) is 0 Å². The Morgan fingerprint density at radius 3 is 2.45 bits per heavy atom. The number of carbonyl (C=O) groups excluding carboxylic acids is 1. The highest BCUT2D eigenvalue weighted by molar-refractivity contribution is 8.13. The van der Waals surface area contributed by atoms with E-state index in [4.69, 9.17) is 16.3 Å². The molecule has 0 radical (unpaired) electrons. The van der Waals surface area contributed by atoms with Gasteiger partial charge in [-0.15, -0.1) is 0 Å². The van der Waals surface area contributed by atoms with Gasteiger partial charge in [-0.05, 0) is 25.4 Å². The van der Waals surface area contributed by atoms with Crippen molar-refractivity contribution in [3.8, 4) is 0 Å². The highest BCUT2D eigenvalue weighted by Gasteiger charge is 2.06. The number of methoxy groups -OCH3 is 1. The number of ether oxygens (including phenoxy) is 1. The number of nitrogens with zero attached hydrogens (tertiary/aromatic N) is 3. The molecule has 1 rings (SSSR count). The van der Waals surface area contributed by atoms with Crippen LogP contribution < -0.4 is 16.0 Å². The summed E-state index contributed by atoms with van der Waals surface area (Å²) in [4.78, 5) is 23.6. The first-order valence-corrected chi connectivity index (χ1v) is 8.19. The predicted molar refractivity (Wildman–Crippen MR) is 89.8 cm³/mol. The van der Waals surface area contributed by atoms with Gasteiger partial charge in [0, 0.05) is 32.0 Å². The third kappa shape index (κ3) is 8.20. The van der Waals surface area contributed by atoms with Crippen LogP contribution in [0.15, 0.2) is 0 Å². The lowest BCUT2D eigenvalue weighted by molar-refractivity contribution is 0.210. The topological polar surface area (TPSA) is 101 Å². The zero-order chi connectivity index (χ0) is 16.4. The quantitative estimate of drug-likeness (QED) is 0.581. The average Bonchev–Trinajstić information content (AvgIpc) is 2.43. The number of anilines is 2. The van der Waals surface area contributed by atoms with E-state index >= 15 is 0 Å². The van der Waals surface area contributed by atoms with Gasteiger partial charge in [0.2, 0.25) is 17.2 Å². The number of carbonyl (C=O) groups is 1. The maximum atomic E-state index is 11.5. The van der Waals surface area contributed by atoms with E-state index in [1.807, 2.05) is 13.8 Å². The summed E-state index contributed by atoms with van der Waals surface area (Å²) < 4.78 is 4.93. The van der Waals surface area contributed by atoms with Crippen LogP contribution in [0.1, 0.15) is 13.8 Å². The molecule has 10 heteroatoms.